The summed E-state index contributed by atoms with van der Waals surface area (Å²) in [6.45, 7) is 1.72. The monoisotopic (exact) mass is 245 g/mol. The minimum atomic E-state index is -0.234. The Balaban J connectivity index is 2.38. The fourth-order valence-corrected chi connectivity index (χ4v) is 2.01. The predicted molar refractivity (Wildman–Crippen MR) is 60.5 cm³/mol. The van der Waals surface area contributed by atoms with Crippen molar-refractivity contribution in [1.82, 2.24) is 20.2 Å². The Morgan fingerprint density at radius 3 is 3.06 bits per heavy atom. The molecule has 1 N–H and O–H groups in total. The lowest BCUT2D eigenvalue weighted by molar-refractivity contribution is 0.882. The zero-order chi connectivity index (χ0) is 12.3. The maximum absolute atomic E-state index is 11.2. The first-order valence-corrected chi connectivity index (χ1v) is 5.48. The van der Waals surface area contributed by atoms with Gasteiger partial charge >= 0.3 is 0 Å². The molecule has 2 aromatic heterocycles. The number of hydrogen-bond donors (Lipinski definition) is 1. The summed E-state index contributed by atoms with van der Waals surface area (Å²) < 4.78 is 0. The van der Waals surface area contributed by atoms with E-state index in [2.05, 4.69) is 20.2 Å². The van der Waals surface area contributed by atoms with E-state index in [1.165, 1.54) is 12.3 Å². The number of nitrogens with zero attached hydrogens (tertiary/aromatic N) is 4. The number of rotatable bonds is 2. The number of H-pyrrole nitrogens is 1. The molecule has 0 saturated carbocycles. The summed E-state index contributed by atoms with van der Waals surface area (Å²) in [5.74, 6) is 0. The summed E-state index contributed by atoms with van der Waals surface area (Å²) in [7, 11) is 0. The smallest absolute Gasteiger partial charge is 0.251 e. The van der Waals surface area contributed by atoms with E-state index in [1.807, 2.05) is 6.07 Å². The highest BCUT2D eigenvalue weighted by Crippen LogP contribution is 2.23. The SMILES string of the molecule is Cc1cc(=O)[nH]c(Sc2nnccc2C#N)n1. The Bertz CT molecular complexity index is 646. The number of aromatic nitrogens is 4. The fraction of sp³-hybridized carbons (Fsp3) is 0.100. The second kappa shape index (κ2) is 4.76. The van der Waals surface area contributed by atoms with E-state index in [-0.39, 0.29) is 5.56 Å². The quantitative estimate of drug-likeness (QED) is 0.789. The van der Waals surface area contributed by atoms with Crippen molar-refractivity contribution in [3.05, 3.63) is 39.9 Å². The lowest BCUT2D eigenvalue weighted by Crippen LogP contribution is -2.08. The van der Waals surface area contributed by atoms with Gasteiger partial charge in [0.05, 0.1) is 11.8 Å². The van der Waals surface area contributed by atoms with Gasteiger partial charge in [0.1, 0.15) is 11.1 Å². The second-order valence-electron chi connectivity index (χ2n) is 3.16. The van der Waals surface area contributed by atoms with E-state index in [0.29, 0.717) is 21.4 Å². The topological polar surface area (TPSA) is 95.3 Å². The average Bonchev–Trinajstić information content (AvgIpc) is 2.28. The molecule has 2 aromatic rings. The van der Waals surface area contributed by atoms with Gasteiger partial charge in [-0.2, -0.15) is 10.4 Å². The van der Waals surface area contributed by atoms with Crippen molar-refractivity contribution >= 4 is 11.8 Å². The summed E-state index contributed by atoms with van der Waals surface area (Å²) in [6.07, 6.45) is 1.44. The van der Waals surface area contributed by atoms with Gasteiger partial charge in [0.2, 0.25) is 0 Å². The van der Waals surface area contributed by atoms with Crippen LogP contribution in [0.1, 0.15) is 11.3 Å². The van der Waals surface area contributed by atoms with Gasteiger partial charge in [0.15, 0.2) is 5.16 Å². The van der Waals surface area contributed by atoms with Crippen LogP contribution in [0.15, 0.2) is 33.3 Å². The van der Waals surface area contributed by atoms with Gasteiger partial charge in [-0.3, -0.25) is 4.79 Å². The zero-order valence-electron chi connectivity index (χ0n) is 8.84. The highest BCUT2D eigenvalue weighted by atomic mass is 32.2. The molecule has 2 heterocycles. The third kappa shape index (κ3) is 2.68. The van der Waals surface area contributed by atoms with Crippen molar-refractivity contribution in [2.75, 3.05) is 0 Å². The van der Waals surface area contributed by atoms with Gasteiger partial charge < -0.3 is 4.98 Å². The molecule has 0 aliphatic heterocycles. The third-order valence-electron chi connectivity index (χ3n) is 1.85. The van der Waals surface area contributed by atoms with E-state index in [4.69, 9.17) is 5.26 Å². The molecule has 0 aromatic carbocycles. The van der Waals surface area contributed by atoms with Gasteiger partial charge in [-0.15, -0.1) is 5.10 Å². The molecular weight excluding hydrogens is 238 g/mol. The molecule has 0 amide bonds. The van der Waals surface area contributed by atoms with E-state index in [0.717, 1.165) is 11.8 Å². The molecule has 0 saturated heterocycles. The van der Waals surface area contributed by atoms with Crippen LogP contribution < -0.4 is 5.56 Å². The van der Waals surface area contributed by atoms with Gasteiger partial charge in [-0.05, 0) is 24.8 Å². The summed E-state index contributed by atoms with van der Waals surface area (Å²) in [5.41, 5.74) is 0.773. The molecule has 0 atom stereocenters. The van der Waals surface area contributed by atoms with Crippen LogP contribution in [0.4, 0.5) is 0 Å². The molecule has 0 radical (unpaired) electrons. The summed E-state index contributed by atoms with van der Waals surface area (Å²) in [6, 6.07) is 4.96. The standard InChI is InChI=1S/C10H7N5OS/c1-6-4-8(16)14-10(13-6)17-9-7(5-11)2-3-12-15-9/h2-4H,1H3,(H,13,14,16). The first-order chi connectivity index (χ1) is 8.19. The third-order valence-corrected chi connectivity index (χ3v) is 2.73. The molecule has 0 fully saturated rings. The van der Waals surface area contributed by atoms with Gasteiger partial charge in [0.25, 0.3) is 5.56 Å². The molecule has 2 rings (SSSR count). The number of nitriles is 1. The second-order valence-corrected chi connectivity index (χ2v) is 4.13. The lowest BCUT2D eigenvalue weighted by Gasteiger charge is -2.01. The van der Waals surface area contributed by atoms with Crippen LogP contribution in [0.3, 0.4) is 0 Å². The van der Waals surface area contributed by atoms with Crippen LogP contribution in [-0.2, 0) is 0 Å². The zero-order valence-corrected chi connectivity index (χ0v) is 9.65. The van der Waals surface area contributed by atoms with Crippen molar-refractivity contribution < 1.29 is 0 Å². The molecule has 0 aliphatic carbocycles. The van der Waals surface area contributed by atoms with Crippen molar-refractivity contribution in [3.8, 4) is 6.07 Å². The maximum Gasteiger partial charge on any atom is 0.251 e. The Labute approximate surface area is 101 Å². The number of aromatic amines is 1. The van der Waals surface area contributed by atoms with E-state index in [1.54, 1.807) is 13.0 Å². The van der Waals surface area contributed by atoms with E-state index in [9.17, 15) is 4.79 Å². The van der Waals surface area contributed by atoms with Gasteiger partial charge in [-0.25, -0.2) is 4.98 Å². The fourth-order valence-electron chi connectivity index (χ4n) is 1.17. The molecule has 17 heavy (non-hydrogen) atoms. The molecule has 0 spiro atoms. The van der Waals surface area contributed by atoms with Crippen LogP contribution in [0, 0.1) is 18.3 Å². The molecule has 6 nitrogen and oxygen atoms in total. The van der Waals surface area contributed by atoms with Crippen LogP contribution in [-0.4, -0.2) is 20.2 Å². The van der Waals surface area contributed by atoms with E-state index < -0.39 is 0 Å². The number of aryl methyl sites for hydroxylation is 1. The maximum atomic E-state index is 11.2. The number of hydrogen-bond acceptors (Lipinski definition) is 6. The van der Waals surface area contributed by atoms with Crippen molar-refractivity contribution in [3.63, 3.8) is 0 Å². The average molecular weight is 245 g/mol. The first kappa shape index (κ1) is 11.3. The predicted octanol–water partition coefficient (Wildman–Crippen LogP) is 0.891. The Morgan fingerprint density at radius 2 is 2.35 bits per heavy atom. The lowest BCUT2D eigenvalue weighted by atomic mass is 10.3. The van der Waals surface area contributed by atoms with Gasteiger partial charge in [0, 0.05) is 11.8 Å². The molecule has 0 aliphatic rings. The normalized spacial score (nSPS) is 9.88. The highest BCUT2D eigenvalue weighted by Gasteiger charge is 2.08. The van der Waals surface area contributed by atoms with Crippen molar-refractivity contribution in [2.45, 2.75) is 17.1 Å². The van der Waals surface area contributed by atoms with Crippen LogP contribution in [0.25, 0.3) is 0 Å². The molecule has 7 heteroatoms. The van der Waals surface area contributed by atoms with Crippen molar-refractivity contribution in [1.29, 1.82) is 5.26 Å². The number of nitrogens with one attached hydrogen (secondary N) is 1. The Hall–Kier alpha value is -2.20. The molecule has 84 valence electrons. The first-order valence-electron chi connectivity index (χ1n) is 4.66. The molecular formula is C10H7N5OS. The summed E-state index contributed by atoms with van der Waals surface area (Å²) in [5, 5.41) is 17.2. The largest absolute Gasteiger partial charge is 0.301 e. The Kier molecular flexibility index (Phi) is 3.16. The summed E-state index contributed by atoms with van der Waals surface area (Å²) in [4.78, 5) is 17.9. The van der Waals surface area contributed by atoms with Gasteiger partial charge in [-0.1, -0.05) is 0 Å². The van der Waals surface area contributed by atoms with E-state index >= 15 is 0 Å². The molecule has 0 unspecified atom stereocenters. The Morgan fingerprint density at radius 1 is 1.53 bits per heavy atom. The van der Waals surface area contributed by atoms with Crippen molar-refractivity contribution in [2.24, 2.45) is 0 Å². The van der Waals surface area contributed by atoms with Crippen LogP contribution in [0.5, 0.6) is 0 Å². The molecule has 0 bridgehead atoms. The van der Waals surface area contributed by atoms with Crippen LogP contribution >= 0.6 is 11.8 Å². The minimum Gasteiger partial charge on any atom is -0.301 e. The summed E-state index contributed by atoms with van der Waals surface area (Å²) >= 11 is 1.10. The minimum absolute atomic E-state index is 0.234. The highest BCUT2D eigenvalue weighted by molar-refractivity contribution is 7.99. The van der Waals surface area contributed by atoms with Crippen LogP contribution in [0.2, 0.25) is 0 Å².